The van der Waals surface area contributed by atoms with E-state index in [0.717, 1.165) is 16.8 Å². The van der Waals surface area contributed by atoms with E-state index in [1.165, 1.54) is 5.56 Å². The van der Waals surface area contributed by atoms with Crippen LogP contribution in [-0.2, 0) is 37.5 Å². The minimum atomic E-state index is 0. The molecule has 0 atom stereocenters. The summed E-state index contributed by atoms with van der Waals surface area (Å²) in [5, 5.41) is 2.92. The Bertz CT molecular complexity index is 338. The number of rotatable bonds is 2. The van der Waals surface area contributed by atoms with Gasteiger partial charge < -0.3 is 5.32 Å². The molecule has 79 valence electrons. The number of nitrogens with one attached hydrogen (secondary N) is 1. The molecule has 0 fully saturated rings. The summed E-state index contributed by atoms with van der Waals surface area (Å²) in [5.41, 5.74) is 4.45. The van der Waals surface area contributed by atoms with Gasteiger partial charge in [0.25, 0.3) is 0 Å². The van der Waals surface area contributed by atoms with Crippen molar-refractivity contribution in [2.75, 3.05) is 5.32 Å². The van der Waals surface area contributed by atoms with E-state index in [0.29, 0.717) is 6.42 Å². The third-order valence-corrected chi connectivity index (χ3v) is 2.26. The number of amides is 1. The molecule has 15 heavy (non-hydrogen) atoms. The second-order valence-electron chi connectivity index (χ2n) is 3.68. The number of carbonyl (C=O) groups excluding carboxylic acids is 1. The average molecular weight is 280 g/mol. The standard InChI is InChI=1S/C12H17NO.Y/c1-5-11(14)13-12-9(3)6-8(2)7-10(12)4;/h6-7H,5H2,1-4H3,(H,13,14);. The van der Waals surface area contributed by atoms with Crippen molar-refractivity contribution in [2.45, 2.75) is 34.1 Å². The molecule has 2 nitrogen and oxygen atoms in total. The SMILES string of the molecule is CCC(=O)Nc1c(C)cc(C)cc1C.[Y]. The van der Waals surface area contributed by atoms with Crippen LogP contribution in [0.4, 0.5) is 5.69 Å². The average Bonchev–Trinajstić information content (AvgIpc) is 2.10. The molecular formula is C12H17NOY. The fraction of sp³-hybridized carbons (Fsp3) is 0.417. The monoisotopic (exact) mass is 280 g/mol. The molecule has 1 rings (SSSR count). The van der Waals surface area contributed by atoms with E-state index in [1.54, 1.807) is 0 Å². The minimum Gasteiger partial charge on any atom is -0.326 e. The molecule has 1 aromatic rings. The molecule has 3 heteroatoms. The summed E-state index contributed by atoms with van der Waals surface area (Å²) in [5.74, 6) is 0.0695. The molecular weight excluding hydrogens is 263 g/mol. The molecule has 1 radical (unpaired) electrons. The smallest absolute Gasteiger partial charge is 0.224 e. The van der Waals surface area contributed by atoms with Crippen molar-refractivity contribution in [3.8, 4) is 0 Å². The van der Waals surface area contributed by atoms with Gasteiger partial charge in [-0.3, -0.25) is 4.79 Å². The van der Waals surface area contributed by atoms with Crippen LogP contribution in [0.3, 0.4) is 0 Å². The van der Waals surface area contributed by atoms with E-state index >= 15 is 0 Å². The first-order chi connectivity index (χ1) is 6.54. The molecule has 0 saturated carbocycles. The van der Waals surface area contributed by atoms with Gasteiger partial charge in [-0.1, -0.05) is 24.6 Å². The second kappa shape index (κ2) is 6.39. The molecule has 0 aliphatic heterocycles. The van der Waals surface area contributed by atoms with Gasteiger partial charge in [-0.2, -0.15) is 0 Å². The molecule has 0 spiro atoms. The fourth-order valence-corrected chi connectivity index (χ4v) is 1.60. The van der Waals surface area contributed by atoms with E-state index in [1.807, 2.05) is 20.8 Å². The van der Waals surface area contributed by atoms with E-state index in [4.69, 9.17) is 0 Å². The maximum atomic E-state index is 11.3. The summed E-state index contributed by atoms with van der Waals surface area (Å²) in [6.07, 6.45) is 0.521. The molecule has 0 aromatic heterocycles. The van der Waals surface area contributed by atoms with Gasteiger partial charge in [-0.05, 0) is 31.9 Å². The molecule has 1 amide bonds. The zero-order valence-electron chi connectivity index (χ0n) is 9.85. The van der Waals surface area contributed by atoms with Crippen molar-refractivity contribution in [1.29, 1.82) is 0 Å². The van der Waals surface area contributed by atoms with Gasteiger partial charge in [0.15, 0.2) is 0 Å². The summed E-state index contributed by atoms with van der Waals surface area (Å²) >= 11 is 0. The number of anilines is 1. The Labute approximate surface area is 117 Å². The Morgan fingerprint density at radius 1 is 1.20 bits per heavy atom. The molecule has 0 saturated heterocycles. The van der Waals surface area contributed by atoms with E-state index in [-0.39, 0.29) is 38.6 Å². The number of carbonyl (C=O) groups is 1. The van der Waals surface area contributed by atoms with Crippen LogP contribution >= 0.6 is 0 Å². The molecule has 0 aliphatic carbocycles. The van der Waals surface area contributed by atoms with Gasteiger partial charge in [0, 0.05) is 44.8 Å². The van der Waals surface area contributed by atoms with Crippen LogP contribution in [0.15, 0.2) is 12.1 Å². The normalized spacial score (nSPS) is 9.33. The first-order valence-corrected chi connectivity index (χ1v) is 4.92. The Morgan fingerprint density at radius 2 is 1.67 bits per heavy atom. The third kappa shape index (κ3) is 4.04. The fourth-order valence-electron chi connectivity index (χ4n) is 1.60. The number of hydrogen-bond donors (Lipinski definition) is 1. The van der Waals surface area contributed by atoms with Gasteiger partial charge >= 0.3 is 0 Å². The van der Waals surface area contributed by atoms with Crippen LogP contribution < -0.4 is 5.32 Å². The maximum absolute atomic E-state index is 11.3. The van der Waals surface area contributed by atoms with Crippen molar-refractivity contribution in [3.63, 3.8) is 0 Å². The molecule has 0 unspecified atom stereocenters. The topological polar surface area (TPSA) is 29.1 Å². The summed E-state index contributed by atoms with van der Waals surface area (Å²) in [7, 11) is 0. The Kier molecular flexibility index (Phi) is 6.30. The quantitative estimate of drug-likeness (QED) is 0.886. The number of hydrogen-bond acceptors (Lipinski definition) is 1. The summed E-state index contributed by atoms with van der Waals surface area (Å²) in [4.78, 5) is 11.3. The largest absolute Gasteiger partial charge is 0.326 e. The molecule has 0 heterocycles. The Hall–Kier alpha value is -0.206. The number of aryl methyl sites for hydroxylation is 3. The summed E-state index contributed by atoms with van der Waals surface area (Å²) in [6.45, 7) is 7.95. The van der Waals surface area contributed by atoms with Crippen molar-refractivity contribution in [2.24, 2.45) is 0 Å². The van der Waals surface area contributed by atoms with Crippen LogP contribution in [0, 0.1) is 20.8 Å². The Morgan fingerprint density at radius 3 is 2.07 bits per heavy atom. The van der Waals surface area contributed by atoms with Crippen LogP contribution in [0.5, 0.6) is 0 Å². The van der Waals surface area contributed by atoms with Crippen LogP contribution in [-0.4, -0.2) is 5.91 Å². The van der Waals surface area contributed by atoms with Gasteiger partial charge in [0.1, 0.15) is 0 Å². The maximum Gasteiger partial charge on any atom is 0.224 e. The second-order valence-corrected chi connectivity index (χ2v) is 3.68. The van der Waals surface area contributed by atoms with Gasteiger partial charge in [-0.15, -0.1) is 0 Å². The minimum absolute atomic E-state index is 0. The van der Waals surface area contributed by atoms with Crippen LogP contribution in [0.2, 0.25) is 0 Å². The molecule has 0 bridgehead atoms. The number of benzene rings is 1. The van der Waals surface area contributed by atoms with Gasteiger partial charge in [-0.25, -0.2) is 0 Å². The summed E-state index contributed by atoms with van der Waals surface area (Å²) < 4.78 is 0. The summed E-state index contributed by atoms with van der Waals surface area (Å²) in [6, 6.07) is 4.16. The zero-order valence-corrected chi connectivity index (χ0v) is 12.7. The van der Waals surface area contributed by atoms with Crippen LogP contribution in [0.25, 0.3) is 0 Å². The molecule has 0 aliphatic rings. The Balaban J connectivity index is 0.00000196. The van der Waals surface area contributed by atoms with E-state index < -0.39 is 0 Å². The van der Waals surface area contributed by atoms with Crippen molar-refractivity contribution in [1.82, 2.24) is 0 Å². The van der Waals surface area contributed by atoms with Crippen LogP contribution in [0.1, 0.15) is 30.0 Å². The first-order valence-electron chi connectivity index (χ1n) is 4.92. The van der Waals surface area contributed by atoms with Gasteiger partial charge in [0.05, 0.1) is 0 Å². The van der Waals surface area contributed by atoms with Crippen molar-refractivity contribution < 1.29 is 37.5 Å². The zero-order chi connectivity index (χ0) is 10.7. The third-order valence-electron chi connectivity index (χ3n) is 2.26. The van der Waals surface area contributed by atoms with Crippen molar-refractivity contribution in [3.05, 3.63) is 28.8 Å². The first kappa shape index (κ1) is 14.8. The van der Waals surface area contributed by atoms with E-state index in [9.17, 15) is 4.79 Å². The predicted octanol–water partition coefficient (Wildman–Crippen LogP) is 2.96. The van der Waals surface area contributed by atoms with E-state index in [2.05, 4.69) is 24.4 Å². The molecule has 1 N–H and O–H groups in total. The van der Waals surface area contributed by atoms with Crippen molar-refractivity contribution >= 4 is 11.6 Å². The van der Waals surface area contributed by atoms with Gasteiger partial charge in [0.2, 0.25) is 5.91 Å². The molecule has 1 aromatic carbocycles. The predicted molar refractivity (Wildman–Crippen MR) is 59.6 cm³/mol.